The van der Waals surface area contributed by atoms with Gasteiger partial charge in [-0.3, -0.25) is 23.5 Å². The van der Waals surface area contributed by atoms with E-state index in [-0.39, 0.29) is 11.5 Å². The number of aromatic nitrogens is 4. The number of hydrogen-bond acceptors (Lipinski definition) is 6. The Hall–Kier alpha value is -4.50. The van der Waals surface area contributed by atoms with Gasteiger partial charge in [0.15, 0.2) is 0 Å². The smallest absolute Gasteiger partial charge is 0.263 e. The molecule has 43 heavy (non-hydrogen) atoms. The zero-order valence-electron chi connectivity index (χ0n) is 24.9. The number of fused-ring (bicyclic) bond motifs is 3. The zero-order chi connectivity index (χ0) is 29.8. The van der Waals surface area contributed by atoms with Crippen molar-refractivity contribution in [1.82, 2.24) is 29.4 Å². The molecular formula is C34H39N7O2. The predicted octanol–water partition coefficient (Wildman–Crippen LogP) is 4.05. The summed E-state index contributed by atoms with van der Waals surface area (Å²) in [4.78, 5) is 31.2. The second-order valence-electron chi connectivity index (χ2n) is 11.5. The summed E-state index contributed by atoms with van der Waals surface area (Å²) < 4.78 is 3.58. The average Bonchev–Trinajstić information content (AvgIpc) is 3.45. The summed E-state index contributed by atoms with van der Waals surface area (Å²) in [5.41, 5.74) is 4.25. The normalized spacial score (nSPS) is 15.8. The van der Waals surface area contributed by atoms with Crippen LogP contribution in [0.3, 0.4) is 0 Å². The Morgan fingerprint density at radius 1 is 0.977 bits per heavy atom. The monoisotopic (exact) mass is 577 g/mol. The minimum atomic E-state index is -0.102. The maximum atomic E-state index is 13.4. The highest BCUT2D eigenvalue weighted by molar-refractivity contribution is 5.80. The van der Waals surface area contributed by atoms with E-state index in [1.165, 1.54) is 11.3 Å². The summed E-state index contributed by atoms with van der Waals surface area (Å²) in [5, 5.41) is 12.5. The number of para-hydroxylation sites is 1. The Labute approximate surface area is 251 Å². The lowest BCUT2D eigenvalue weighted by molar-refractivity contribution is -0.121. The largest absolute Gasteiger partial charge is 0.366 e. The van der Waals surface area contributed by atoms with Crippen LogP contribution in [-0.2, 0) is 17.8 Å². The van der Waals surface area contributed by atoms with Crippen LogP contribution >= 0.6 is 0 Å². The molecule has 1 amide bonds. The Morgan fingerprint density at radius 3 is 2.60 bits per heavy atom. The van der Waals surface area contributed by atoms with Gasteiger partial charge in [-0.2, -0.15) is 0 Å². The molecule has 0 bridgehead atoms. The molecular weight excluding hydrogens is 538 g/mol. The summed E-state index contributed by atoms with van der Waals surface area (Å²) >= 11 is 0. The van der Waals surface area contributed by atoms with Crippen molar-refractivity contribution in [1.29, 1.82) is 0 Å². The molecule has 0 radical (unpaired) electrons. The van der Waals surface area contributed by atoms with Crippen molar-refractivity contribution in [3.05, 3.63) is 106 Å². The number of piperazine rings is 1. The molecule has 3 aromatic carbocycles. The number of rotatable bonds is 10. The van der Waals surface area contributed by atoms with Crippen LogP contribution < -0.4 is 15.8 Å². The van der Waals surface area contributed by atoms with Crippen molar-refractivity contribution < 1.29 is 4.79 Å². The number of hydrogen-bond donors (Lipinski definition) is 1. The quantitative estimate of drug-likeness (QED) is 0.252. The average molecular weight is 578 g/mol. The molecule has 1 fully saturated rings. The number of amides is 1. The van der Waals surface area contributed by atoms with E-state index in [9.17, 15) is 9.59 Å². The van der Waals surface area contributed by atoms with E-state index < -0.39 is 0 Å². The van der Waals surface area contributed by atoms with Crippen molar-refractivity contribution in [3.63, 3.8) is 0 Å². The van der Waals surface area contributed by atoms with Gasteiger partial charge < -0.3 is 10.2 Å². The topological polar surface area (TPSA) is 87.8 Å². The molecule has 1 N–H and O–H groups in total. The molecule has 222 valence electrons. The van der Waals surface area contributed by atoms with Gasteiger partial charge in [-0.05, 0) is 62.2 Å². The maximum Gasteiger partial charge on any atom is 0.263 e. The van der Waals surface area contributed by atoms with E-state index in [2.05, 4.69) is 63.4 Å². The Balaban J connectivity index is 1.04. The molecule has 1 atom stereocenters. The zero-order valence-corrected chi connectivity index (χ0v) is 24.9. The molecule has 9 nitrogen and oxygen atoms in total. The highest BCUT2D eigenvalue weighted by Gasteiger charge is 2.23. The van der Waals surface area contributed by atoms with Gasteiger partial charge in [0.1, 0.15) is 5.82 Å². The van der Waals surface area contributed by atoms with Crippen LogP contribution in [0, 0.1) is 6.92 Å². The van der Waals surface area contributed by atoms with E-state index in [1.54, 1.807) is 4.57 Å². The van der Waals surface area contributed by atoms with Crippen LogP contribution in [0.5, 0.6) is 0 Å². The molecule has 9 heteroatoms. The van der Waals surface area contributed by atoms with Gasteiger partial charge in [-0.15, -0.1) is 10.2 Å². The molecule has 0 unspecified atom stereocenters. The van der Waals surface area contributed by atoms with Gasteiger partial charge in [-0.1, -0.05) is 54.6 Å². The molecule has 5 aromatic rings. The lowest BCUT2D eigenvalue weighted by atomic mass is 10.1. The molecule has 1 aliphatic rings. The molecule has 6 rings (SSSR count). The highest BCUT2D eigenvalue weighted by atomic mass is 16.1. The minimum absolute atomic E-state index is 0.00343. The molecule has 0 aliphatic carbocycles. The first-order chi connectivity index (χ1) is 21.0. The van der Waals surface area contributed by atoms with Crippen molar-refractivity contribution in [2.45, 2.75) is 45.7 Å². The van der Waals surface area contributed by atoms with Crippen molar-refractivity contribution in [2.75, 3.05) is 37.6 Å². The maximum absolute atomic E-state index is 13.4. The van der Waals surface area contributed by atoms with Gasteiger partial charge in [0.25, 0.3) is 5.56 Å². The lowest BCUT2D eigenvalue weighted by Gasteiger charge is -2.41. The summed E-state index contributed by atoms with van der Waals surface area (Å²) in [7, 11) is 0. The van der Waals surface area contributed by atoms with Crippen LogP contribution in [0.4, 0.5) is 5.69 Å². The van der Waals surface area contributed by atoms with E-state index in [0.717, 1.165) is 43.7 Å². The van der Waals surface area contributed by atoms with Crippen LogP contribution in [-0.4, -0.2) is 68.7 Å². The number of nitrogens with zero attached hydrogens (tertiary/aromatic N) is 6. The number of aryl methyl sites for hydroxylation is 2. The van der Waals surface area contributed by atoms with Crippen LogP contribution in [0.1, 0.15) is 36.7 Å². The third-order valence-corrected chi connectivity index (χ3v) is 8.35. The molecule has 0 saturated carbocycles. The highest BCUT2D eigenvalue weighted by Crippen LogP contribution is 2.22. The van der Waals surface area contributed by atoms with E-state index in [0.29, 0.717) is 49.0 Å². The SMILES string of the molecule is Cc1cccc(N2CCN(CCCNC(=O)CCc3nnc4n(Cc5ccccc5)c(=O)c5ccccc5n34)C[C@@H]2C)c1. The van der Waals surface area contributed by atoms with Crippen molar-refractivity contribution in [3.8, 4) is 0 Å². The fourth-order valence-electron chi connectivity index (χ4n) is 6.16. The van der Waals surface area contributed by atoms with Crippen molar-refractivity contribution in [2.24, 2.45) is 0 Å². The van der Waals surface area contributed by atoms with Gasteiger partial charge in [0, 0.05) is 50.7 Å². The Kier molecular flexibility index (Phi) is 8.51. The van der Waals surface area contributed by atoms with Gasteiger partial charge in [-0.25, -0.2) is 0 Å². The Bertz CT molecular complexity index is 1780. The second-order valence-corrected chi connectivity index (χ2v) is 11.5. The first-order valence-electron chi connectivity index (χ1n) is 15.2. The van der Waals surface area contributed by atoms with Gasteiger partial charge >= 0.3 is 0 Å². The summed E-state index contributed by atoms with van der Waals surface area (Å²) in [6, 6.07) is 26.5. The number of anilines is 1. The first kappa shape index (κ1) is 28.6. The lowest BCUT2D eigenvalue weighted by Crippen LogP contribution is -2.52. The first-order valence-corrected chi connectivity index (χ1v) is 15.2. The van der Waals surface area contributed by atoms with Gasteiger partial charge in [0.2, 0.25) is 11.7 Å². The number of carbonyl (C=O) groups excluding carboxylic acids is 1. The van der Waals surface area contributed by atoms with Crippen molar-refractivity contribution >= 4 is 28.3 Å². The van der Waals surface area contributed by atoms with E-state index >= 15 is 0 Å². The van der Waals surface area contributed by atoms with Crippen LogP contribution in [0.25, 0.3) is 16.7 Å². The molecule has 1 aliphatic heterocycles. The Morgan fingerprint density at radius 2 is 1.79 bits per heavy atom. The third-order valence-electron chi connectivity index (χ3n) is 8.35. The summed E-state index contributed by atoms with van der Waals surface area (Å²) in [6.07, 6.45) is 1.64. The third kappa shape index (κ3) is 6.32. The van der Waals surface area contributed by atoms with E-state index in [1.807, 2.05) is 59.0 Å². The fraction of sp³-hybridized carbons (Fsp3) is 0.353. The number of nitrogens with one attached hydrogen (secondary N) is 1. The van der Waals surface area contributed by atoms with Crippen LogP contribution in [0.2, 0.25) is 0 Å². The van der Waals surface area contributed by atoms with E-state index in [4.69, 9.17) is 0 Å². The van der Waals surface area contributed by atoms with Crippen LogP contribution in [0.15, 0.2) is 83.7 Å². The standard InChI is InChI=1S/C34H39N7O2/c1-25-10-8-13-28(22-25)39-21-20-38(23-26(39)2)19-9-18-35-32(42)17-16-31-36-37-34-40(24-27-11-4-3-5-12-27)33(43)29-14-6-7-15-30(29)41(31)34/h3-8,10-15,22,26H,9,16-21,23-24H2,1-2H3,(H,35,42)/t26-/m0/s1. The second kappa shape index (κ2) is 12.8. The molecule has 3 heterocycles. The molecule has 1 saturated heterocycles. The molecule has 2 aromatic heterocycles. The predicted molar refractivity (Wildman–Crippen MR) is 171 cm³/mol. The summed E-state index contributed by atoms with van der Waals surface area (Å²) in [6.45, 7) is 9.48. The molecule has 0 spiro atoms. The number of carbonyl (C=O) groups is 1. The fourth-order valence-corrected chi connectivity index (χ4v) is 6.16. The number of benzene rings is 3. The summed E-state index contributed by atoms with van der Waals surface area (Å²) in [5.74, 6) is 1.15. The van der Waals surface area contributed by atoms with Gasteiger partial charge in [0.05, 0.1) is 17.4 Å². The minimum Gasteiger partial charge on any atom is -0.366 e.